The van der Waals surface area contributed by atoms with Crippen LogP contribution in [0.25, 0.3) is 0 Å². The summed E-state index contributed by atoms with van der Waals surface area (Å²) in [6.45, 7) is 2.88. The fraction of sp³-hybridized carbons (Fsp3) is 0.500. The van der Waals surface area contributed by atoms with Crippen molar-refractivity contribution in [3.8, 4) is 6.07 Å². The number of rotatable bonds is 4. The van der Waals surface area contributed by atoms with Gasteiger partial charge >= 0.3 is 0 Å². The van der Waals surface area contributed by atoms with Crippen LogP contribution in [0.15, 0.2) is 18.2 Å². The highest BCUT2D eigenvalue weighted by Crippen LogP contribution is 2.26. The lowest BCUT2D eigenvalue weighted by atomic mass is 9.97. The molecule has 1 aliphatic rings. The molecule has 0 bridgehead atoms. The van der Waals surface area contributed by atoms with Gasteiger partial charge < -0.3 is 10.2 Å². The van der Waals surface area contributed by atoms with Gasteiger partial charge in [-0.15, -0.1) is 0 Å². The predicted molar refractivity (Wildman–Crippen MR) is 76.5 cm³/mol. The quantitative estimate of drug-likeness (QED) is 0.672. The van der Waals surface area contributed by atoms with Gasteiger partial charge in [-0.1, -0.05) is 0 Å². The Morgan fingerprint density at radius 1 is 1.50 bits per heavy atom. The van der Waals surface area contributed by atoms with Crippen LogP contribution in [0.3, 0.4) is 0 Å². The van der Waals surface area contributed by atoms with Gasteiger partial charge in [0, 0.05) is 12.6 Å². The first kappa shape index (κ1) is 14.3. The van der Waals surface area contributed by atoms with Gasteiger partial charge in [-0.2, -0.15) is 5.26 Å². The van der Waals surface area contributed by atoms with E-state index in [1.807, 2.05) is 6.07 Å². The number of nitro benzene ring substituents is 1. The number of anilines is 1. The molecule has 2 rings (SSSR count). The molecule has 1 fully saturated rings. The SMILES string of the molecule is CN1CCC(CNc2ccc(C#N)cc2[N+](=O)[O-])CC1. The fourth-order valence-corrected chi connectivity index (χ4v) is 2.42. The normalized spacial score (nSPS) is 16.6. The van der Waals surface area contributed by atoms with E-state index in [2.05, 4.69) is 17.3 Å². The third-order valence-electron chi connectivity index (χ3n) is 3.74. The van der Waals surface area contributed by atoms with Crippen molar-refractivity contribution >= 4 is 11.4 Å². The molecule has 6 nitrogen and oxygen atoms in total. The second-order valence-corrected chi connectivity index (χ2v) is 5.23. The van der Waals surface area contributed by atoms with Gasteiger partial charge in [0.05, 0.1) is 16.6 Å². The van der Waals surface area contributed by atoms with Gasteiger partial charge in [0.2, 0.25) is 0 Å². The molecule has 0 unspecified atom stereocenters. The molecule has 0 amide bonds. The largest absolute Gasteiger partial charge is 0.379 e. The Morgan fingerprint density at radius 2 is 2.20 bits per heavy atom. The second-order valence-electron chi connectivity index (χ2n) is 5.23. The summed E-state index contributed by atoms with van der Waals surface area (Å²) in [6, 6.07) is 6.46. The van der Waals surface area contributed by atoms with E-state index < -0.39 is 4.92 Å². The summed E-state index contributed by atoms with van der Waals surface area (Å²) in [5, 5.41) is 23.0. The number of hydrogen-bond acceptors (Lipinski definition) is 5. The molecule has 1 saturated heterocycles. The lowest BCUT2D eigenvalue weighted by Gasteiger charge is -2.29. The summed E-state index contributed by atoms with van der Waals surface area (Å²) in [5.41, 5.74) is 0.770. The average Bonchev–Trinajstić information content (AvgIpc) is 2.46. The zero-order chi connectivity index (χ0) is 14.5. The Balaban J connectivity index is 2.02. The lowest BCUT2D eigenvalue weighted by molar-refractivity contribution is -0.384. The third kappa shape index (κ3) is 3.45. The van der Waals surface area contributed by atoms with E-state index in [9.17, 15) is 10.1 Å². The zero-order valence-electron chi connectivity index (χ0n) is 11.5. The summed E-state index contributed by atoms with van der Waals surface area (Å²) in [7, 11) is 2.11. The first-order chi connectivity index (χ1) is 9.60. The van der Waals surface area contributed by atoms with Crippen LogP contribution in [0.4, 0.5) is 11.4 Å². The minimum Gasteiger partial charge on any atom is -0.379 e. The number of piperidine rings is 1. The summed E-state index contributed by atoms with van der Waals surface area (Å²) in [6.07, 6.45) is 2.21. The van der Waals surface area contributed by atoms with Crippen LogP contribution in [-0.2, 0) is 0 Å². The monoisotopic (exact) mass is 274 g/mol. The fourth-order valence-electron chi connectivity index (χ4n) is 2.42. The molecule has 106 valence electrons. The highest BCUT2D eigenvalue weighted by Gasteiger charge is 2.19. The van der Waals surface area contributed by atoms with E-state index >= 15 is 0 Å². The Labute approximate surface area is 118 Å². The Kier molecular flexibility index (Phi) is 4.53. The van der Waals surface area contributed by atoms with Crippen molar-refractivity contribution in [3.05, 3.63) is 33.9 Å². The maximum absolute atomic E-state index is 11.0. The average molecular weight is 274 g/mol. The van der Waals surface area contributed by atoms with Crippen molar-refractivity contribution in [2.45, 2.75) is 12.8 Å². The molecular weight excluding hydrogens is 256 g/mol. The van der Waals surface area contributed by atoms with Gasteiger partial charge in [-0.3, -0.25) is 10.1 Å². The molecule has 0 aromatic heterocycles. The van der Waals surface area contributed by atoms with Gasteiger partial charge in [0.15, 0.2) is 0 Å². The van der Waals surface area contributed by atoms with Crippen LogP contribution in [0.2, 0.25) is 0 Å². The highest BCUT2D eigenvalue weighted by atomic mass is 16.6. The van der Waals surface area contributed by atoms with E-state index in [4.69, 9.17) is 5.26 Å². The van der Waals surface area contributed by atoms with E-state index in [0.717, 1.165) is 32.5 Å². The molecular formula is C14H18N4O2. The number of nitrogens with zero attached hydrogens (tertiary/aromatic N) is 3. The van der Waals surface area contributed by atoms with Crippen LogP contribution in [0, 0.1) is 27.4 Å². The van der Waals surface area contributed by atoms with Crippen molar-refractivity contribution in [2.75, 3.05) is 32.0 Å². The van der Waals surface area contributed by atoms with E-state index in [1.165, 1.54) is 6.07 Å². The molecule has 0 atom stereocenters. The first-order valence-corrected chi connectivity index (χ1v) is 6.71. The van der Waals surface area contributed by atoms with Gasteiger partial charge in [0.1, 0.15) is 5.69 Å². The minimum atomic E-state index is -0.447. The van der Waals surface area contributed by atoms with Crippen LogP contribution < -0.4 is 5.32 Å². The van der Waals surface area contributed by atoms with Crippen LogP contribution >= 0.6 is 0 Å². The van der Waals surface area contributed by atoms with E-state index in [-0.39, 0.29) is 5.69 Å². The van der Waals surface area contributed by atoms with E-state index in [1.54, 1.807) is 12.1 Å². The molecule has 0 aliphatic carbocycles. The lowest BCUT2D eigenvalue weighted by Crippen LogP contribution is -2.33. The molecule has 20 heavy (non-hydrogen) atoms. The predicted octanol–water partition coefficient (Wildman–Crippen LogP) is 2.22. The van der Waals surface area contributed by atoms with Crippen molar-refractivity contribution in [2.24, 2.45) is 5.92 Å². The molecule has 1 N–H and O–H groups in total. The van der Waals surface area contributed by atoms with Gasteiger partial charge in [0.25, 0.3) is 5.69 Å². The van der Waals surface area contributed by atoms with E-state index in [0.29, 0.717) is 17.2 Å². The summed E-state index contributed by atoms with van der Waals surface area (Å²) < 4.78 is 0. The maximum atomic E-state index is 11.0. The number of nitrogens with one attached hydrogen (secondary N) is 1. The summed E-state index contributed by atoms with van der Waals surface area (Å²) >= 11 is 0. The van der Waals surface area contributed by atoms with Crippen molar-refractivity contribution in [1.29, 1.82) is 5.26 Å². The van der Waals surface area contributed by atoms with Gasteiger partial charge in [-0.05, 0) is 51.0 Å². The first-order valence-electron chi connectivity index (χ1n) is 6.71. The topological polar surface area (TPSA) is 82.2 Å². The standard InChI is InChI=1S/C14H18N4O2/c1-17-6-4-11(5-7-17)10-16-13-3-2-12(9-15)8-14(13)18(19)20/h2-3,8,11,16H,4-7,10H2,1H3. The molecule has 1 heterocycles. The third-order valence-corrected chi connectivity index (χ3v) is 3.74. The van der Waals surface area contributed by atoms with Crippen molar-refractivity contribution in [1.82, 2.24) is 4.90 Å². The number of nitro groups is 1. The number of nitriles is 1. The number of benzene rings is 1. The Morgan fingerprint density at radius 3 is 2.80 bits per heavy atom. The Bertz CT molecular complexity index is 530. The minimum absolute atomic E-state index is 0.0306. The molecule has 6 heteroatoms. The molecule has 1 aliphatic heterocycles. The van der Waals surface area contributed by atoms with Crippen molar-refractivity contribution < 1.29 is 4.92 Å². The number of likely N-dealkylation sites (tertiary alicyclic amines) is 1. The number of hydrogen-bond donors (Lipinski definition) is 1. The summed E-state index contributed by atoms with van der Waals surface area (Å²) in [4.78, 5) is 12.9. The molecule has 1 aromatic carbocycles. The molecule has 0 radical (unpaired) electrons. The molecule has 0 spiro atoms. The van der Waals surface area contributed by atoms with Crippen molar-refractivity contribution in [3.63, 3.8) is 0 Å². The maximum Gasteiger partial charge on any atom is 0.293 e. The Hall–Kier alpha value is -2.13. The van der Waals surface area contributed by atoms with Crippen LogP contribution in [0.5, 0.6) is 0 Å². The molecule has 1 aromatic rings. The van der Waals surface area contributed by atoms with Crippen LogP contribution in [0.1, 0.15) is 18.4 Å². The molecule has 0 saturated carbocycles. The van der Waals surface area contributed by atoms with Crippen LogP contribution in [-0.4, -0.2) is 36.5 Å². The van der Waals surface area contributed by atoms with Gasteiger partial charge in [-0.25, -0.2) is 0 Å². The second kappa shape index (κ2) is 6.35. The zero-order valence-corrected chi connectivity index (χ0v) is 11.5. The highest BCUT2D eigenvalue weighted by molar-refractivity contribution is 5.64. The smallest absolute Gasteiger partial charge is 0.293 e. The summed E-state index contributed by atoms with van der Waals surface area (Å²) in [5.74, 6) is 0.543.